The molecule has 128 valence electrons. The number of hydrogen-bond acceptors (Lipinski definition) is 5. The summed E-state index contributed by atoms with van der Waals surface area (Å²) in [6.45, 7) is -0.0756. The topological polar surface area (TPSA) is 85.8 Å². The van der Waals surface area contributed by atoms with E-state index >= 15 is 0 Å². The van der Waals surface area contributed by atoms with Crippen molar-refractivity contribution in [1.29, 1.82) is 0 Å². The molecule has 25 heavy (non-hydrogen) atoms. The van der Waals surface area contributed by atoms with Crippen molar-refractivity contribution in [1.82, 2.24) is 24.5 Å². The number of nitrogens with zero attached hydrogens (tertiary/aromatic N) is 5. The molecule has 0 aliphatic carbocycles. The van der Waals surface area contributed by atoms with Crippen molar-refractivity contribution < 1.29 is 5.11 Å². The summed E-state index contributed by atoms with van der Waals surface area (Å²) in [5, 5.41) is 17.9. The lowest BCUT2D eigenvalue weighted by atomic mass is 10.1. The SMILES string of the molecule is O=c1cc(-c2cc(Cl)ccc2-n2cc(Cl)nn2)nc2n1[C@H](CO)CC2. The Morgan fingerprint density at radius 3 is 2.84 bits per heavy atom. The van der Waals surface area contributed by atoms with Crippen molar-refractivity contribution in [3.8, 4) is 16.9 Å². The maximum atomic E-state index is 12.5. The molecule has 0 saturated heterocycles. The smallest absolute Gasteiger partial charge is 0.254 e. The van der Waals surface area contributed by atoms with Crippen LogP contribution in [0.3, 0.4) is 0 Å². The first kappa shape index (κ1) is 16.3. The highest BCUT2D eigenvalue weighted by molar-refractivity contribution is 6.31. The van der Waals surface area contributed by atoms with E-state index < -0.39 is 0 Å². The lowest BCUT2D eigenvalue weighted by Gasteiger charge is -2.13. The molecule has 1 aliphatic rings. The first-order chi connectivity index (χ1) is 12.1. The standard InChI is InChI=1S/C16H13Cl2N5O2/c17-9-1-3-13(22-7-14(18)20-21-22)11(5-9)12-6-16(25)23-10(8-24)2-4-15(23)19-12/h1,3,5-7,10,24H,2,4,8H2/t10-/m0/s1. The summed E-state index contributed by atoms with van der Waals surface area (Å²) in [6.07, 6.45) is 2.90. The number of halogens is 2. The monoisotopic (exact) mass is 377 g/mol. The van der Waals surface area contributed by atoms with Gasteiger partial charge in [-0.1, -0.05) is 28.4 Å². The Morgan fingerprint density at radius 1 is 1.28 bits per heavy atom. The van der Waals surface area contributed by atoms with Gasteiger partial charge in [-0.2, -0.15) is 0 Å². The number of benzene rings is 1. The van der Waals surface area contributed by atoms with Gasteiger partial charge in [-0.25, -0.2) is 9.67 Å². The van der Waals surface area contributed by atoms with Gasteiger partial charge in [0.25, 0.3) is 5.56 Å². The Morgan fingerprint density at radius 2 is 2.12 bits per heavy atom. The van der Waals surface area contributed by atoms with Crippen LogP contribution in [0, 0.1) is 0 Å². The molecule has 1 N–H and O–H groups in total. The van der Waals surface area contributed by atoms with Crippen LogP contribution in [-0.2, 0) is 6.42 Å². The molecular weight excluding hydrogens is 365 g/mol. The molecule has 0 unspecified atom stereocenters. The van der Waals surface area contributed by atoms with Gasteiger partial charge in [0.1, 0.15) is 5.82 Å². The van der Waals surface area contributed by atoms with Crippen molar-refractivity contribution in [2.75, 3.05) is 6.61 Å². The van der Waals surface area contributed by atoms with Crippen LogP contribution >= 0.6 is 23.2 Å². The van der Waals surface area contributed by atoms with Crippen molar-refractivity contribution in [2.45, 2.75) is 18.9 Å². The zero-order chi connectivity index (χ0) is 17.6. The average Bonchev–Trinajstić information content (AvgIpc) is 3.21. The highest BCUT2D eigenvalue weighted by Gasteiger charge is 2.25. The van der Waals surface area contributed by atoms with E-state index in [-0.39, 0.29) is 23.4 Å². The summed E-state index contributed by atoms with van der Waals surface area (Å²) >= 11 is 12.0. The molecule has 3 aromatic rings. The zero-order valence-corrected chi connectivity index (χ0v) is 14.4. The second-order valence-corrected chi connectivity index (χ2v) is 6.61. The number of fused-ring (bicyclic) bond motifs is 1. The van der Waals surface area contributed by atoms with Gasteiger partial charge in [-0.3, -0.25) is 9.36 Å². The molecule has 1 aliphatic heterocycles. The molecule has 3 heterocycles. The van der Waals surface area contributed by atoms with E-state index in [1.165, 1.54) is 10.7 Å². The summed E-state index contributed by atoms with van der Waals surface area (Å²) in [6, 6.07) is 6.45. The third-order valence-corrected chi connectivity index (χ3v) is 4.66. The van der Waals surface area contributed by atoms with Crippen LogP contribution in [0.5, 0.6) is 0 Å². The largest absolute Gasteiger partial charge is 0.394 e. The van der Waals surface area contributed by atoms with Crippen molar-refractivity contribution in [3.05, 3.63) is 56.8 Å². The van der Waals surface area contributed by atoms with Gasteiger partial charge < -0.3 is 5.11 Å². The summed E-state index contributed by atoms with van der Waals surface area (Å²) in [7, 11) is 0. The molecule has 0 bridgehead atoms. The summed E-state index contributed by atoms with van der Waals surface area (Å²) in [5.41, 5.74) is 1.62. The van der Waals surface area contributed by atoms with Crippen molar-refractivity contribution >= 4 is 23.2 Å². The molecule has 4 rings (SSSR count). The number of aliphatic hydroxyl groups is 1. The van der Waals surface area contributed by atoms with E-state index in [9.17, 15) is 9.90 Å². The van der Waals surface area contributed by atoms with Gasteiger partial charge in [0, 0.05) is 23.1 Å². The van der Waals surface area contributed by atoms with Gasteiger partial charge in [-0.15, -0.1) is 5.10 Å². The third-order valence-electron chi connectivity index (χ3n) is 4.25. The fourth-order valence-electron chi connectivity index (χ4n) is 3.12. The van der Waals surface area contributed by atoms with Gasteiger partial charge in [-0.05, 0) is 24.6 Å². The van der Waals surface area contributed by atoms with Crippen LogP contribution in [0.2, 0.25) is 10.2 Å². The normalized spacial score (nSPS) is 16.2. The Bertz CT molecular complexity index is 1010. The van der Waals surface area contributed by atoms with E-state index in [1.54, 1.807) is 29.0 Å². The van der Waals surface area contributed by atoms with Gasteiger partial charge >= 0.3 is 0 Å². The van der Waals surface area contributed by atoms with Crippen molar-refractivity contribution in [3.63, 3.8) is 0 Å². The summed E-state index contributed by atoms with van der Waals surface area (Å²) < 4.78 is 3.07. The number of aryl methyl sites for hydroxylation is 1. The number of hydrogen-bond donors (Lipinski definition) is 1. The molecule has 1 atom stereocenters. The molecule has 1 aromatic carbocycles. The van der Waals surface area contributed by atoms with Gasteiger partial charge in [0.2, 0.25) is 0 Å². The quantitative estimate of drug-likeness (QED) is 0.756. The van der Waals surface area contributed by atoms with E-state index in [4.69, 9.17) is 23.2 Å². The van der Waals surface area contributed by atoms with Crippen molar-refractivity contribution in [2.24, 2.45) is 0 Å². The third kappa shape index (κ3) is 2.84. The molecule has 0 fully saturated rings. The number of rotatable bonds is 3. The summed E-state index contributed by atoms with van der Waals surface area (Å²) in [4.78, 5) is 17.1. The molecular formula is C16H13Cl2N5O2. The Labute approximate surface area is 152 Å². The minimum absolute atomic E-state index is 0.0756. The fourth-order valence-corrected chi connectivity index (χ4v) is 3.41. The van der Waals surface area contributed by atoms with E-state index in [1.807, 2.05) is 0 Å². The highest BCUT2D eigenvalue weighted by atomic mass is 35.5. The Hall–Kier alpha value is -2.22. The number of aromatic nitrogens is 5. The molecule has 2 aromatic heterocycles. The van der Waals surface area contributed by atoms with E-state index in [0.717, 1.165) is 0 Å². The van der Waals surface area contributed by atoms with Gasteiger partial charge in [0.05, 0.1) is 30.2 Å². The second-order valence-electron chi connectivity index (χ2n) is 5.79. The first-order valence-corrected chi connectivity index (χ1v) is 8.44. The predicted molar refractivity (Wildman–Crippen MR) is 93.3 cm³/mol. The van der Waals surface area contributed by atoms with Crippen LogP contribution in [0.1, 0.15) is 18.3 Å². The lowest BCUT2D eigenvalue weighted by Crippen LogP contribution is -2.25. The van der Waals surface area contributed by atoms with Crippen LogP contribution < -0.4 is 5.56 Å². The summed E-state index contributed by atoms with van der Waals surface area (Å²) in [5.74, 6) is 0.657. The minimum Gasteiger partial charge on any atom is -0.394 e. The van der Waals surface area contributed by atoms with Gasteiger partial charge in [0.15, 0.2) is 5.15 Å². The van der Waals surface area contributed by atoms with Crippen LogP contribution in [-0.4, -0.2) is 36.3 Å². The maximum Gasteiger partial charge on any atom is 0.254 e. The minimum atomic E-state index is -0.211. The molecule has 0 saturated carbocycles. The first-order valence-electron chi connectivity index (χ1n) is 7.68. The lowest BCUT2D eigenvalue weighted by molar-refractivity contribution is 0.230. The van der Waals surface area contributed by atoms with E-state index in [2.05, 4.69) is 15.3 Å². The Kier molecular flexibility index (Phi) is 4.07. The average molecular weight is 378 g/mol. The number of aliphatic hydroxyl groups excluding tert-OH is 1. The fraction of sp³-hybridized carbons (Fsp3) is 0.250. The molecule has 0 spiro atoms. The van der Waals surface area contributed by atoms with Crippen LogP contribution in [0.4, 0.5) is 0 Å². The predicted octanol–water partition coefficient (Wildman–Crippen LogP) is 2.28. The highest BCUT2D eigenvalue weighted by Crippen LogP contribution is 2.30. The zero-order valence-electron chi connectivity index (χ0n) is 12.9. The molecule has 9 heteroatoms. The molecule has 0 amide bonds. The second kappa shape index (κ2) is 6.25. The van der Waals surface area contributed by atoms with Crippen LogP contribution in [0.15, 0.2) is 35.3 Å². The molecule has 7 nitrogen and oxygen atoms in total. The Balaban J connectivity index is 1.90. The van der Waals surface area contributed by atoms with E-state index in [0.29, 0.717) is 40.6 Å². The maximum absolute atomic E-state index is 12.5. The molecule has 0 radical (unpaired) electrons. The van der Waals surface area contributed by atoms with Crippen LogP contribution in [0.25, 0.3) is 16.9 Å².